The van der Waals surface area contributed by atoms with E-state index in [2.05, 4.69) is 33.0 Å². The normalized spacial score (nSPS) is 20.2. The SMILES string of the molecule is C[C@H](Sc1nnnn1C1CC1)C(=O)NC1(c2ccccc2)CCC1. The number of hydrogen-bond donors (Lipinski definition) is 1. The number of amides is 1. The first-order valence-corrected chi connectivity index (χ1v) is 9.38. The minimum absolute atomic E-state index is 0.0499. The molecule has 1 N–H and O–H groups in total. The number of thioether (sulfide) groups is 1. The lowest BCUT2D eigenvalue weighted by Gasteiger charge is -2.43. The molecule has 0 aliphatic heterocycles. The molecule has 4 rings (SSSR count). The smallest absolute Gasteiger partial charge is 0.234 e. The number of rotatable bonds is 6. The van der Waals surface area contributed by atoms with Gasteiger partial charge in [-0.1, -0.05) is 42.1 Å². The molecule has 126 valence electrons. The molecular weight excluding hydrogens is 322 g/mol. The van der Waals surface area contributed by atoms with Crippen molar-refractivity contribution >= 4 is 17.7 Å². The molecule has 1 aromatic heterocycles. The van der Waals surface area contributed by atoms with Crippen molar-refractivity contribution in [2.75, 3.05) is 0 Å². The predicted molar refractivity (Wildman–Crippen MR) is 91.5 cm³/mol. The average Bonchev–Trinajstić information content (AvgIpc) is 3.31. The zero-order valence-corrected chi connectivity index (χ0v) is 14.5. The van der Waals surface area contributed by atoms with Crippen molar-refractivity contribution < 1.29 is 4.79 Å². The van der Waals surface area contributed by atoms with Crippen molar-refractivity contribution in [1.29, 1.82) is 0 Å². The molecule has 1 amide bonds. The van der Waals surface area contributed by atoms with Crippen LogP contribution in [0.3, 0.4) is 0 Å². The van der Waals surface area contributed by atoms with Gasteiger partial charge in [-0.05, 0) is 55.0 Å². The number of nitrogens with one attached hydrogen (secondary N) is 1. The maximum atomic E-state index is 12.7. The van der Waals surface area contributed by atoms with Crippen LogP contribution in [0, 0.1) is 0 Å². The second-order valence-corrected chi connectivity index (χ2v) is 8.00. The average molecular weight is 343 g/mol. The maximum Gasteiger partial charge on any atom is 0.234 e. The lowest BCUT2D eigenvalue weighted by atomic mass is 9.71. The van der Waals surface area contributed by atoms with Crippen molar-refractivity contribution in [2.45, 2.75) is 61.0 Å². The first kappa shape index (κ1) is 15.6. The van der Waals surface area contributed by atoms with Gasteiger partial charge in [0.25, 0.3) is 0 Å². The Balaban J connectivity index is 1.44. The third-order valence-electron chi connectivity index (χ3n) is 4.90. The Kier molecular flexibility index (Phi) is 4.04. The van der Waals surface area contributed by atoms with Crippen LogP contribution in [0.2, 0.25) is 0 Å². The van der Waals surface area contributed by atoms with E-state index in [4.69, 9.17) is 0 Å². The van der Waals surface area contributed by atoms with Crippen LogP contribution in [0.25, 0.3) is 0 Å². The predicted octanol–water partition coefficient (Wildman–Crippen LogP) is 2.68. The van der Waals surface area contributed by atoms with Gasteiger partial charge < -0.3 is 5.32 Å². The van der Waals surface area contributed by atoms with Crippen molar-refractivity contribution in [1.82, 2.24) is 25.5 Å². The van der Waals surface area contributed by atoms with Gasteiger partial charge in [0.2, 0.25) is 11.1 Å². The number of hydrogen-bond acceptors (Lipinski definition) is 5. The fourth-order valence-corrected chi connectivity index (χ4v) is 3.99. The largest absolute Gasteiger partial charge is 0.346 e. The molecule has 2 aliphatic carbocycles. The molecule has 24 heavy (non-hydrogen) atoms. The van der Waals surface area contributed by atoms with E-state index in [1.54, 1.807) is 0 Å². The number of carbonyl (C=O) groups excluding carboxylic acids is 1. The number of benzene rings is 1. The van der Waals surface area contributed by atoms with Crippen LogP contribution in [-0.2, 0) is 10.3 Å². The Bertz CT molecular complexity index is 724. The van der Waals surface area contributed by atoms with E-state index < -0.39 is 0 Å². The van der Waals surface area contributed by atoms with Crippen molar-refractivity contribution in [3.8, 4) is 0 Å². The zero-order valence-electron chi connectivity index (χ0n) is 13.7. The van der Waals surface area contributed by atoms with Crippen molar-refractivity contribution in [2.24, 2.45) is 0 Å². The standard InChI is InChI=1S/C17H21N5OS/c1-12(24-16-19-20-21-22(16)14-8-9-14)15(23)18-17(10-5-11-17)13-6-3-2-4-7-13/h2-4,6-7,12,14H,5,8-11H2,1H3,(H,18,23)/t12-/m0/s1. The summed E-state index contributed by atoms with van der Waals surface area (Å²) in [6.07, 6.45) is 5.39. The Morgan fingerprint density at radius 2 is 2.08 bits per heavy atom. The molecule has 0 radical (unpaired) electrons. The van der Waals surface area contributed by atoms with Crippen LogP contribution >= 0.6 is 11.8 Å². The van der Waals surface area contributed by atoms with Crippen LogP contribution in [-0.4, -0.2) is 31.4 Å². The van der Waals surface area contributed by atoms with Gasteiger partial charge in [0, 0.05) is 0 Å². The summed E-state index contributed by atoms with van der Waals surface area (Å²) in [5, 5.41) is 15.7. The van der Waals surface area contributed by atoms with Gasteiger partial charge in [0.05, 0.1) is 16.8 Å². The number of tetrazole rings is 1. The topological polar surface area (TPSA) is 72.7 Å². The second kappa shape index (κ2) is 6.20. The lowest BCUT2D eigenvalue weighted by molar-refractivity contribution is -0.123. The van der Waals surface area contributed by atoms with Gasteiger partial charge >= 0.3 is 0 Å². The van der Waals surface area contributed by atoms with E-state index in [1.807, 2.05) is 29.8 Å². The van der Waals surface area contributed by atoms with Crippen molar-refractivity contribution in [3.05, 3.63) is 35.9 Å². The third kappa shape index (κ3) is 2.92. The summed E-state index contributed by atoms with van der Waals surface area (Å²) in [6, 6.07) is 10.7. The highest BCUT2D eigenvalue weighted by atomic mass is 32.2. The van der Waals surface area contributed by atoms with E-state index in [9.17, 15) is 4.79 Å². The summed E-state index contributed by atoms with van der Waals surface area (Å²) in [5.74, 6) is 0.0499. The molecule has 6 nitrogen and oxygen atoms in total. The highest BCUT2D eigenvalue weighted by Crippen LogP contribution is 2.42. The van der Waals surface area contributed by atoms with Gasteiger partial charge in [-0.3, -0.25) is 4.79 Å². The first-order valence-electron chi connectivity index (χ1n) is 8.50. The maximum absolute atomic E-state index is 12.7. The number of nitrogens with zero attached hydrogens (tertiary/aromatic N) is 4. The fourth-order valence-electron chi connectivity index (χ4n) is 3.13. The number of aromatic nitrogens is 4. The fraction of sp³-hybridized carbons (Fsp3) is 0.529. The molecule has 1 atom stereocenters. The van der Waals surface area contributed by atoms with Gasteiger partial charge in [0.1, 0.15) is 0 Å². The lowest BCUT2D eigenvalue weighted by Crippen LogP contribution is -2.52. The molecule has 0 spiro atoms. The first-order chi connectivity index (χ1) is 11.7. The van der Waals surface area contributed by atoms with Gasteiger partial charge in [0.15, 0.2) is 0 Å². The highest BCUT2D eigenvalue weighted by molar-refractivity contribution is 8.00. The Labute approximate surface area is 145 Å². The summed E-state index contributed by atoms with van der Waals surface area (Å²) in [7, 11) is 0. The van der Waals surface area contributed by atoms with Gasteiger partial charge in [-0.2, -0.15) is 0 Å². The van der Waals surface area contributed by atoms with Crippen LogP contribution in [0.4, 0.5) is 0 Å². The summed E-state index contributed by atoms with van der Waals surface area (Å²) in [4.78, 5) is 12.7. The van der Waals surface area contributed by atoms with E-state index in [1.165, 1.54) is 17.3 Å². The Morgan fingerprint density at radius 3 is 2.71 bits per heavy atom. The van der Waals surface area contributed by atoms with Gasteiger partial charge in [-0.25, -0.2) is 4.68 Å². The highest BCUT2D eigenvalue weighted by Gasteiger charge is 2.41. The van der Waals surface area contributed by atoms with Crippen molar-refractivity contribution in [3.63, 3.8) is 0 Å². The molecular formula is C17H21N5OS. The molecule has 2 aliphatic rings. The molecule has 2 fully saturated rings. The molecule has 1 heterocycles. The number of carbonyl (C=O) groups is 1. The third-order valence-corrected chi connectivity index (χ3v) is 5.95. The van der Waals surface area contributed by atoms with Crippen LogP contribution in [0.5, 0.6) is 0 Å². The van der Waals surface area contributed by atoms with E-state index in [0.717, 1.165) is 37.3 Å². The molecule has 7 heteroatoms. The minimum atomic E-state index is -0.227. The quantitative estimate of drug-likeness (QED) is 0.817. The Hall–Kier alpha value is -1.89. The second-order valence-electron chi connectivity index (χ2n) is 6.69. The van der Waals surface area contributed by atoms with Crippen LogP contribution in [0.15, 0.2) is 35.5 Å². The molecule has 0 saturated heterocycles. The molecule has 0 unspecified atom stereocenters. The zero-order chi connectivity index (χ0) is 16.6. The van der Waals surface area contributed by atoms with Crippen LogP contribution < -0.4 is 5.32 Å². The van der Waals surface area contributed by atoms with E-state index >= 15 is 0 Å². The van der Waals surface area contributed by atoms with E-state index in [0.29, 0.717) is 6.04 Å². The summed E-state index contributed by atoms with van der Waals surface area (Å²) in [5.41, 5.74) is 1.000. The molecule has 2 aromatic rings. The molecule has 0 bridgehead atoms. The molecule has 1 aromatic carbocycles. The van der Waals surface area contributed by atoms with Crippen LogP contribution in [0.1, 0.15) is 50.6 Å². The summed E-state index contributed by atoms with van der Waals surface area (Å²) in [6.45, 7) is 1.92. The molecule has 2 saturated carbocycles. The van der Waals surface area contributed by atoms with Gasteiger partial charge in [-0.15, -0.1) is 5.10 Å². The Morgan fingerprint density at radius 1 is 1.33 bits per heavy atom. The monoisotopic (exact) mass is 343 g/mol. The van der Waals surface area contributed by atoms with E-state index in [-0.39, 0.29) is 16.7 Å². The summed E-state index contributed by atoms with van der Waals surface area (Å²) >= 11 is 1.44. The summed E-state index contributed by atoms with van der Waals surface area (Å²) < 4.78 is 1.85. The minimum Gasteiger partial charge on any atom is -0.346 e.